The van der Waals surface area contributed by atoms with E-state index in [0.717, 1.165) is 24.1 Å². The van der Waals surface area contributed by atoms with Crippen LogP contribution in [0.5, 0.6) is 0 Å². The standard InChI is InChI=1S/C23H26FN3O2/c24-20-7-4-16(5-8-20)15-25-22(28)18-10-12-27(13-11-18)23(29)26-21-9-6-17-2-1-3-19(17)14-21/h4-9,14,18H,1-3,10-13,15H2,(H,25,28)(H,26,29). The molecule has 2 N–H and O–H groups in total. The van der Waals surface area contributed by atoms with E-state index in [0.29, 0.717) is 32.5 Å². The van der Waals surface area contributed by atoms with E-state index < -0.39 is 0 Å². The Kier molecular flexibility index (Phi) is 5.79. The van der Waals surface area contributed by atoms with Gasteiger partial charge >= 0.3 is 6.03 Å². The molecule has 0 spiro atoms. The summed E-state index contributed by atoms with van der Waals surface area (Å²) < 4.78 is 12.9. The zero-order chi connectivity index (χ0) is 20.2. The molecule has 0 unspecified atom stereocenters. The molecule has 1 heterocycles. The number of fused-ring (bicyclic) bond motifs is 1. The molecule has 4 rings (SSSR count). The highest BCUT2D eigenvalue weighted by Crippen LogP contribution is 2.25. The van der Waals surface area contributed by atoms with Crippen LogP contribution in [0.2, 0.25) is 0 Å². The summed E-state index contributed by atoms with van der Waals surface area (Å²) in [6.07, 6.45) is 4.68. The lowest BCUT2D eigenvalue weighted by Crippen LogP contribution is -2.44. The number of hydrogen-bond donors (Lipinski definition) is 2. The number of piperidine rings is 1. The summed E-state index contributed by atoms with van der Waals surface area (Å²) >= 11 is 0. The molecular formula is C23H26FN3O2. The van der Waals surface area contributed by atoms with Crippen LogP contribution in [0.4, 0.5) is 14.9 Å². The summed E-state index contributed by atoms with van der Waals surface area (Å²) in [6.45, 7) is 1.51. The van der Waals surface area contributed by atoms with Crippen molar-refractivity contribution in [2.45, 2.75) is 38.6 Å². The van der Waals surface area contributed by atoms with Gasteiger partial charge in [-0.3, -0.25) is 4.79 Å². The molecule has 0 bridgehead atoms. The third-order valence-corrected chi connectivity index (χ3v) is 5.88. The number of nitrogens with zero attached hydrogens (tertiary/aromatic N) is 1. The first-order chi connectivity index (χ1) is 14.1. The summed E-state index contributed by atoms with van der Waals surface area (Å²) in [7, 11) is 0. The van der Waals surface area contributed by atoms with Gasteiger partial charge in [-0.05, 0) is 73.1 Å². The van der Waals surface area contributed by atoms with Crippen molar-refractivity contribution in [1.29, 1.82) is 0 Å². The lowest BCUT2D eigenvalue weighted by Gasteiger charge is -2.31. The Morgan fingerprint density at radius 3 is 2.48 bits per heavy atom. The van der Waals surface area contributed by atoms with Gasteiger partial charge in [0.1, 0.15) is 5.82 Å². The number of rotatable bonds is 4. The van der Waals surface area contributed by atoms with Crippen LogP contribution in [0.3, 0.4) is 0 Å². The second kappa shape index (κ2) is 8.64. The lowest BCUT2D eigenvalue weighted by molar-refractivity contribution is -0.126. The van der Waals surface area contributed by atoms with Gasteiger partial charge in [-0.1, -0.05) is 18.2 Å². The van der Waals surface area contributed by atoms with Crippen molar-refractivity contribution in [3.63, 3.8) is 0 Å². The Labute approximate surface area is 170 Å². The Bertz CT molecular complexity index is 889. The minimum absolute atomic E-state index is 0.00648. The Balaban J connectivity index is 1.23. The molecule has 6 heteroatoms. The maximum absolute atomic E-state index is 12.9. The van der Waals surface area contributed by atoms with Crippen LogP contribution in [0.15, 0.2) is 42.5 Å². The second-order valence-corrected chi connectivity index (χ2v) is 7.87. The number of urea groups is 1. The SMILES string of the molecule is O=C(NCc1ccc(F)cc1)C1CCN(C(=O)Nc2ccc3c(c2)CCC3)CC1. The van der Waals surface area contributed by atoms with Crippen molar-refractivity contribution in [3.05, 3.63) is 65.0 Å². The molecule has 0 radical (unpaired) electrons. The minimum Gasteiger partial charge on any atom is -0.352 e. The maximum Gasteiger partial charge on any atom is 0.321 e. The summed E-state index contributed by atoms with van der Waals surface area (Å²) in [5.74, 6) is -0.391. The van der Waals surface area contributed by atoms with Crippen LogP contribution in [0.1, 0.15) is 36.0 Å². The van der Waals surface area contributed by atoms with E-state index in [-0.39, 0.29) is 23.7 Å². The van der Waals surface area contributed by atoms with Crippen molar-refractivity contribution in [1.82, 2.24) is 10.2 Å². The lowest BCUT2D eigenvalue weighted by atomic mass is 9.96. The molecule has 2 aliphatic rings. The van der Waals surface area contributed by atoms with Gasteiger partial charge < -0.3 is 15.5 Å². The van der Waals surface area contributed by atoms with E-state index in [4.69, 9.17) is 0 Å². The highest BCUT2D eigenvalue weighted by atomic mass is 19.1. The number of aryl methyl sites for hydroxylation is 2. The van der Waals surface area contributed by atoms with E-state index in [1.54, 1.807) is 17.0 Å². The van der Waals surface area contributed by atoms with Gasteiger partial charge in [0.15, 0.2) is 0 Å². The molecule has 152 valence electrons. The van der Waals surface area contributed by atoms with Crippen LogP contribution in [-0.4, -0.2) is 29.9 Å². The number of anilines is 1. The van der Waals surface area contributed by atoms with E-state index in [9.17, 15) is 14.0 Å². The molecule has 3 amide bonds. The Morgan fingerprint density at radius 2 is 1.72 bits per heavy atom. The molecule has 29 heavy (non-hydrogen) atoms. The average Bonchev–Trinajstić information content (AvgIpc) is 3.21. The number of benzene rings is 2. The van der Waals surface area contributed by atoms with Gasteiger partial charge in [0.25, 0.3) is 0 Å². The van der Waals surface area contributed by atoms with Gasteiger partial charge in [-0.2, -0.15) is 0 Å². The van der Waals surface area contributed by atoms with Crippen molar-refractivity contribution in [2.75, 3.05) is 18.4 Å². The number of likely N-dealkylation sites (tertiary alicyclic amines) is 1. The molecule has 1 fully saturated rings. The molecule has 1 aliphatic heterocycles. The molecular weight excluding hydrogens is 369 g/mol. The number of hydrogen-bond acceptors (Lipinski definition) is 2. The predicted octanol–water partition coefficient (Wildman–Crippen LogP) is 3.87. The van der Waals surface area contributed by atoms with Crippen LogP contribution < -0.4 is 10.6 Å². The molecule has 2 aromatic carbocycles. The smallest absolute Gasteiger partial charge is 0.321 e. The highest BCUT2D eigenvalue weighted by molar-refractivity contribution is 5.89. The fourth-order valence-corrected chi connectivity index (χ4v) is 4.13. The Hall–Kier alpha value is -2.89. The monoisotopic (exact) mass is 395 g/mol. The van der Waals surface area contributed by atoms with Crippen molar-refractivity contribution < 1.29 is 14.0 Å². The molecule has 1 aliphatic carbocycles. The van der Waals surface area contributed by atoms with Crippen LogP contribution in [-0.2, 0) is 24.2 Å². The van der Waals surface area contributed by atoms with E-state index in [1.807, 2.05) is 6.07 Å². The van der Waals surface area contributed by atoms with Gasteiger partial charge in [-0.25, -0.2) is 9.18 Å². The number of carbonyl (C=O) groups is 2. The largest absolute Gasteiger partial charge is 0.352 e. The first-order valence-corrected chi connectivity index (χ1v) is 10.3. The van der Waals surface area contributed by atoms with Gasteiger partial charge in [0.05, 0.1) is 0 Å². The summed E-state index contributed by atoms with van der Waals surface area (Å²) in [6, 6.07) is 12.2. The Morgan fingerprint density at radius 1 is 1.00 bits per heavy atom. The average molecular weight is 395 g/mol. The molecule has 5 nitrogen and oxygen atoms in total. The number of nitrogens with one attached hydrogen (secondary N) is 2. The van der Waals surface area contributed by atoms with Crippen molar-refractivity contribution >= 4 is 17.6 Å². The fourth-order valence-electron chi connectivity index (χ4n) is 4.13. The fraction of sp³-hybridized carbons (Fsp3) is 0.391. The van der Waals surface area contributed by atoms with E-state index >= 15 is 0 Å². The van der Waals surface area contributed by atoms with E-state index in [1.165, 1.54) is 29.7 Å². The summed E-state index contributed by atoms with van der Waals surface area (Å²) in [5.41, 5.74) is 4.43. The zero-order valence-electron chi connectivity index (χ0n) is 16.4. The van der Waals surface area contributed by atoms with Crippen molar-refractivity contribution in [3.8, 4) is 0 Å². The summed E-state index contributed by atoms with van der Waals surface area (Å²) in [5, 5.41) is 5.91. The molecule has 1 saturated heterocycles. The second-order valence-electron chi connectivity index (χ2n) is 7.87. The molecule has 0 atom stereocenters. The third-order valence-electron chi connectivity index (χ3n) is 5.88. The van der Waals surface area contributed by atoms with Gasteiger partial charge in [-0.15, -0.1) is 0 Å². The molecule has 0 saturated carbocycles. The first kappa shape index (κ1) is 19.4. The van der Waals surface area contributed by atoms with Gasteiger partial charge in [0, 0.05) is 31.2 Å². The van der Waals surface area contributed by atoms with Crippen molar-refractivity contribution in [2.24, 2.45) is 5.92 Å². The predicted molar refractivity (Wildman–Crippen MR) is 110 cm³/mol. The van der Waals surface area contributed by atoms with Crippen LogP contribution in [0.25, 0.3) is 0 Å². The summed E-state index contributed by atoms with van der Waals surface area (Å²) in [4.78, 5) is 26.8. The number of halogens is 1. The van der Waals surface area contributed by atoms with Gasteiger partial charge in [0.2, 0.25) is 5.91 Å². The highest BCUT2D eigenvalue weighted by Gasteiger charge is 2.27. The molecule has 2 aromatic rings. The normalized spacial score (nSPS) is 16.4. The first-order valence-electron chi connectivity index (χ1n) is 10.3. The topological polar surface area (TPSA) is 61.4 Å². The minimum atomic E-state index is -0.286. The zero-order valence-corrected chi connectivity index (χ0v) is 16.4. The number of amides is 3. The maximum atomic E-state index is 12.9. The van der Waals surface area contributed by atoms with E-state index in [2.05, 4.69) is 22.8 Å². The van der Waals surface area contributed by atoms with Crippen LogP contribution in [0, 0.1) is 11.7 Å². The molecule has 0 aromatic heterocycles. The number of carbonyl (C=O) groups excluding carboxylic acids is 2. The quantitative estimate of drug-likeness (QED) is 0.825. The third kappa shape index (κ3) is 4.75. The van der Waals surface area contributed by atoms with Crippen LogP contribution >= 0.6 is 0 Å².